The third-order valence-electron chi connectivity index (χ3n) is 4.04. The molecule has 0 saturated carbocycles. The molecule has 1 aromatic carbocycles. The summed E-state index contributed by atoms with van der Waals surface area (Å²) >= 11 is 0. The number of benzene rings is 1. The average Bonchev–Trinajstić information content (AvgIpc) is 2.87. The van der Waals surface area contributed by atoms with Crippen molar-refractivity contribution in [1.82, 2.24) is 0 Å². The summed E-state index contributed by atoms with van der Waals surface area (Å²) in [6, 6.07) is 7.84. The van der Waals surface area contributed by atoms with Crippen LogP contribution in [-0.4, -0.2) is 24.1 Å². The molecule has 0 spiro atoms. The zero-order valence-corrected chi connectivity index (χ0v) is 11.9. The minimum absolute atomic E-state index is 0.176. The molecule has 1 unspecified atom stereocenters. The minimum atomic E-state index is 0.176. The van der Waals surface area contributed by atoms with Crippen LogP contribution in [0, 0.1) is 11.3 Å². The smallest absolute Gasteiger partial charge is 0.172 e. The monoisotopic (exact) mass is 261 g/mol. The van der Waals surface area contributed by atoms with Gasteiger partial charge in [0.15, 0.2) is 5.84 Å². The Labute approximate surface area is 114 Å². The number of amidine groups is 1. The Morgan fingerprint density at radius 3 is 2.63 bits per heavy atom. The molecule has 2 rings (SSSR count). The van der Waals surface area contributed by atoms with Gasteiger partial charge in [-0.05, 0) is 29.9 Å². The summed E-state index contributed by atoms with van der Waals surface area (Å²) in [5.74, 6) is 0.850. The highest BCUT2D eigenvalue weighted by Crippen LogP contribution is 2.36. The highest BCUT2D eigenvalue weighted by molar-refractivity contribution is 6.02. The minimum Gasteiger partial charge on any atom is -0.409 e. The molecular weight excluding hydrogens is 238 g/mol. The van der Waals surface area contributed by atoms with E-state index in [4.69, 9.17) is 10.9 Å². The van der Waals surface area contributed by atoms with Crippen molar-refractivity contribution in [3.63, 3.8) is 0 Å². The van der Waals surface area contributed by atoms with Crippen LogP contribution in [0.4, 0.5) is 5.69 Å². The van der Waals surface area contributed by atoms with Gasteiger partial charge in [-0.2, -0.15) is 0 Å². The molecule has 3 N–H and O–H groups in total. The Hall–Kier alpha value is -1.71. The van der Waals surface area contributed by atoms with Crippen molar-refractivity contribution in [3.8, 4) is 0 Å². The predicted molar refractivity (Wildman–Crippen MR) is 78.7 cm³/mol. The molecule has 0 aliphatic carbocycles. The quantitative estimate of drug-likeness (QED) is 0.372. The molecule has 1 aromatic rings. The van der Waals surface area contributed by atoms with Gasteiger partial charge in [-0.3, -0.25) is 0 Å². The van der Waals surface area contributed by atoms with E-state index in [9.17, 15) is 0 Å². The Bertz CT molecular complexity index is 477. The summed E-state index contributed by atoms with van der Waals surface area (Å²) in [6.07, 6.45) is 1.19. The van der Waals surface area contributed by atoms with Crippen molar-refractivity contribution in [2.75, 3.05) is 18.0 Å². The summed E-state index contributed by atoms with van der Waals surface area (Å²) in [6.45, 7) is 8.92. The normalized spacial score (nSPS) is 20.9. The molecule has 1 aliphatic rings. The van der Waals surface area contributed by atoms with E-state index >= 15 is 0 Å². The van der Waals surface area contributed by atoms with Gasteiger partial charge in [0, 0.05) is 24.3 Å². The maximum atomic E-state index is 8.88. The molecule has 0 bridgehead atoms. The molecule has 19 heavy (non-hydrogen) atoms. The lowest BCUT2D eigenvalue weighted by atomic mass is 9.80. The highest BCUT2D eigenvalue weighted by atomic mass is 16.4. The molecule has 1 saturated heterocycles. The van der Waals surface area contributed by atoms with E-state index < -0.39 is 0 Å². The van der Waals surface area contributed by atoms with E-state index in [1.807, 2.05) is 24.3 Å². The number of para-hydroxylation sites is 1. The Morgan fingerprint density at radius 2 is 2.05 bits per heavy atom. The maximum absolute atomic E-state index is 8.88. The molecule has 4 nitrogen and oxygen atoms in total. The third kappa shape index (κ3) is 2.83. The number of rotatable bonds is 2. The van der Waals surface area contributed by atoms with Crippen LogP contribution in [0.1, 0.15) is 32.8 Å². The van der Waals surface area contributed by atoms with Crippen LogP contribution in [0.3, 0.4) is 0 Å². The van der Waals surface area contributed by atoms with Gasteiger partial charge in [0.2, 0.25) is 0 Å². The number of oxime groups is 1. The van der Waals surface area contributed by atoms with Crippen LogP contribution < -0.4 is 10.6 Å². The van der Waals surface area contributed by atoms with Crippen molar-refractivity contribution < 1.29 is 5.21 Å². The van der Waals surface area contributed by atoms with E-state index in [1.165, 1.54) is 6.42 Å². The fraction of sp³-hybridized carbons (Fsp3) is 0.533. The topological polar surface area (TPSA) is 61.8 Å². The molecule has 0 radical (unpaired) electrons. The van der Waals surface area contributed by atoms with E-state index in [0.29, 0.717) is 11.3 Å². The summed E-state index contributed by atoms with van der Waals surface area (Å²) < 4.78 is 0. The van der Waals surface area contributed by atoms with Gasteiger partial charge in [0.1, 0.15) is 0 Å². The van der Waals surface area contributed by atoms with Crippen LogP contribution in [0.5, 0.6) is 0 Å². The number of anilines is 1. The van der Waals surface area contributed by atoms with Crippen LogP contribution in [0.25, 0.3) is 0 Å². The molecule has 0 aromatic heterocycles. The zero-order valence-electron chi connectivity index (χ0n) is 11.9. The standard InChI is InChI=1S/C15H23N3O/c1-15(2,3)11-8-9-18(10-11)13-7-5-4-6-12(13)14(16)17-19/h4-7,11,19H,8-10H2,1-3H3,(H2,16,17). The first-order valence-corrected chi connectivity index (χ1v) is 6.75. The summed E-state index contributed by atoms with van der Waals surface area (Å²) in [5.41, 5.74) is 7.94. The molecule has 1 fully saturated rings. The first-order valence-electron chi connectivity index (χ1n) is 6.75. The second-order valence-electron chi connectivity index (χ2n) is 6.30. The first-order chi connectivity index (χ1) is 8.93. The summed E-state index contributed by atoms with van der Waals surface area (Å²) in [7, 11) is 0. The Kier molecular flexibility index (Phi) is 3.69. The van der Waals surface area contributed by atoms with Crippen LogP contribution >= 0.6 is 0 Å². The Balaban J connectivity index is 2.25. The van der Waals surface area contributed by atoms with E-state index in [1.54, 1.807) is 0 Å². The molecule has 4 heteroatoms. The molecule has 1 atom stereocenters. The second-order valence-corrected chi connectivity index (χ2v) is 6.30. The van der Waals surface area contributed by atoms with Gasteiger partial charge >= 0.3 is 0 Å². The molecule has 1 aliphatic heterocycles. The zero-order chi connectivity index (χ0) is 14.0. The fourth-order valence-corrected chi connectivity index (χ4v) is 2.71. The van der Waals surface area contributed by atoms with Gasteiger partial charge in [-0.1, -0.05) is 38.1 Å². The van der Waals surface area contributed by atoms with Crippen molar-refractivity contribution >= 4 is 11.5 Å². The number of hydrogen-bond acceptors (Lipinski definition) is 3. The number of nitrogens with two attached hydrogens (primary N) is 1. The third-order valence-corrected chi connectivity index (χ3v) is 4.04. The molecule has 0 amide bonds. The van der Waals surface area contributed by atoms with Crippen LogP contribution in [-0.2, 0) is 0 Å². The van der Waals surface area contributed by atoms with Gasteiger partial charge in [0.05, 0.1) is 0 Å². The van der Waals surface area contributed by atoms with Crippen molar-refractivity contribution in [2.45, 2.75) is 27.2 Å². The highest BCUT2D eigenvalue weighted by Gasteiger charge is 2.32. The van der Waals surface area contributed by atoms with E-state index in [0.717, 1.165) is 24.3 Å². The second kappa shape index (κ2) is 5.11. The summed E-state index contributed by atoms with van der Waals surface area (Å²) in [5, 5.41) is 12.0. The SMILES string of the molecule is CC(C)(C)C1CCN(c2ccccc2/C(N)=N/O)C1. The lowest BCUT2D eigenvalue weighted by Crippen LogP contribution is -2.27. The first kappa shape index (κ1) is 13.7. The number of nitrogens with zero attached hydrogens (tertiary/aromatic N) is 2. The molecule has 1 heterocycles. The maximum Gasteiger partial charge on any atom is 0.172 e. The van der Waals surface area contributed by atoms with E-state index in [2.05, 4.69) is 30.8 Å². The number of hydrogen-bond donors (Lipinski definition) is 2. The Morgan fingerprint density at radius 1 is 1.37 bits per heavy atom. The lowest BCUT2D eigenvalue weighted by molar-refractivity contribution is 0.263. The van der Waals surface area contributed by atoms with Gasteiger partial charge in [-0.15, -0.1) is 0 Å². The van der Waals surface area contributed by atoms with Crippen molar-refractivity contribution in [2.24, 2.45) is 22.2 Å². The molecular formula is C15H23N3O. The predicted octanol–water partition coefficient (Wildman–Crippen LogP) is 2.65. The van der Waals surface area contributed by atoms with Gasteiger partial charge < -0.3 is 15.8 Å². The van der Waals surface area contributed by atoms with Crippen LogP contribution in [0.2, 0.25) is 0 Å². The largest absolute Gasteiger partial charge is 0.409 e. The van der Waals surface area contributed by atoms with Crippen molar-refractivity contribution in [1.29, 1.82) is 0 Å². The lowest BCUT2D eigenvalue weighted by Gasteiger charge is -2.28. The van der Waals surface area contributed by atoms with Crippen molar-refractivity contribution in [3.05, 3.63) is 29.8 Å². The molecule has 104 valence electrons. The summed E-state index contributed by atoms with van der Waals surface area (Å²) in [4.78, 5) is 2.34. The van der Waals surface area contributed by atoms with Gasteiger partial charge in [0.25, 0.3) is 0 Å². The van der Waals surface area contributed by atoms with Crippen LogP contribution in [0.15, 0.2) is 29.4 Å². The fourth-order valence-electron chi connectivity index (χ4n) is 2.71. The van der Waals surface area contributed by atoms with E-state index in [-0.39, 0.29) is 5.84 Å². The average molecular weight is 261 g/mol. The van der Waals surface area contributed by atoms with Gasteiger partial charge in [-0.25, -0.2) is 0 Å².